The summed E-state index contributed by atoms with van der Waals surface area (Å²) in [5, 5.41) is 0.282. The van der Waals surface area contributed by atoms with E-state index in [2.05, 4.69) is 4.90 Å². The second-order valence-electron chi connectivity index (χ2n) is 6.91. The van der Waals surface area contributed by atoms with E-state index in [9.17, 15) is 9.18 Å². The Morgan fingerprint density at radius 1 is 1.26 bits per heavy atom. The molecule has 5 heteroatoms. The smallest absolute Gasteiger partial charge is 0.338 e. The Balaban J connectivity index is 1.47. The zero-order chi connectivity index (χ0) is 16.0. The highest BCUT2D eigenvalue weighted by Gasteiger charge is 2.40. The molecule has 0 atom stereocenters. The maximum absolute atomic E-state index is 13.4. The standard InChI is InChI=1S/C18H19ClFNO2/c19-15-10-13(20)9-12-1-2-14(16(12)15)17(22)23-11-18-3-6-21(7-4-18)8-5-18/h2,9-10H,1,3-8,11H2. The Morgan fingerprint density at radius 2 is 1.96 bits per heavy atom. The van der Waals surface area contributed by atoms with Crippen LogP contribution >= 0.6 is 11.6 Å². The first-order valence-electron chi connectivity index (χ1n) is 8.14. The van der Waals surface area contributed by atoms with Gasteiger partial charge in [0.25, 0.3) is 0 Å². The number of piperidine rings is 3. The Hall–Kier alpha value is -1.39. The quantitative estimate of drug-likeness (QED) is 0.792. The number of hydrogen-bond acceptors (Lipinski definition) is 3. The lowest BCUT2D eigenvalue weighted by Gasteiger charge is -2.47. The lowest BCUT2D eigenvalue weighted by molar-refractivity contribution is -0.143. The summed E-state index contributed by atoms with van der Waals surface area (Å²) in [5.74, 6) is -0.704. The number of hydrogen-bond donors (Lipinski definition) is 0. The van der Waals surface area contributed by atoms with Crippen LogP contribution in [0.3, 0.4) is 0 Å². The van der Waals surface area contributed by atoms with Gasteiger partial charge in [0, 0.05) is 11.0 Å². The molecule has 23 heavy (non-hydrogen) atoms. The van der Waals surface area contributed by atoms with Gasteiger partial charge < -0.3 is 9.64 Å². The molecule has 0 saturated carbocycles. The summed E-state index contributed by atoms with van der Waals surface area (Å²) in [5.41, 5.74) is 2.02. The van der Waals surface area contributed by atoms with Crippen LogP contribution in [0.1, 0.15) is 30.4 Å². The van der Waals surface area contributed by atoms with Crippen molar-refractivity contribution < 1.29 is 13.9 Å². The summed E-state index contributed by atoms with van der Waals surface area (Å²) in [6, 6.07) is 2.69. The summed E-state index contributed by atoms with van der Waals surface area (Å²) < 4.78 is 19.1. The molecular weight excluding hydrogens is 317 g/mol. The van der Waals surface area contributed by atoms with Gasteiger partial charge in [-0.3, -0.25) is 0 Å². The number of benzene rings is 1. The van der Waals surface area contributed by atoms with Crippen LogP contribution in [0.25, 0.3) is 5.57 Å². The lowest BCUT2D eigenvalue weighted by atomic mass is 9.73. The third-order valence-electron chi connectivity index (χ3n) is 5.54. The van der Waals surface area contributed by atoms with Crippen molar-refractivity contribution in [1.82, 2.24) is 4.90 Å². The third-order valence-corrected chi connectivity index (χ3v) is 5.83. The van der Waals surface area contributed by atoms with E-state index in [0.717, 1.165) is 44.5 Å². The molecule has 0 N–H and O–H groups in total. The maximum Gasteiger partial charge on any atom is 0.338 e. The summed E-state index contributed by atoms with van der Waals surface area (Å²) in [4.78, 5) is 15.0. The van der Waals surface area contributed by atoms with Crippen molar-refractivity contribution in [3.63, 3.8) is 0 Å². The molecule has 3 nitrogen and oxygen atoms in total. The first-order valence-corrected chi connectivity index (χ1v) is 8.52. The Morgan fingerprint density at radius 3 is 2.65 bits per heavy atom. The van der Waals surface area contributed by atoms with E-state index >= 15 is 0 Å². The van der Waals surface area contributed by atoms with Gasteiger partial charge >= 0.3 is 5.97 Å². The average molecular weight is 336 g/mol. The van der Waals surface area contributed by atoms with Crippen molar-refractivity contribution in [3.05, 3.63) is 40.2 Å². The van der Waals surface area contributed by atoms with Gasteiger partial charge in [-0.25, -0.2) is 9.18 Å². The van der Waals surface area contributed by atoms with Crippen LogP contribution in [-0.4, -0.2) is 37.1 Å². The molecule has 3 aliphatic heterocycles. The van der Waals surface area contributed by atoms with Gasteiger partial charge in [-0.1, -0.05) is 17.7 Å². The van der Waals surface area contributed by atoms with E-state index in [0.29, 0.717) is 24.2 Å². The zero-order valence-electron chi connectivity index (χ0n) is 12.9. The average Bonchev–Trinajstić information content (AvgIpc) is 2.98. The van der Waals surface area contributed by atoms with Crippen LogP contribution in [-0.2, 0) is 16.0 Å². The molecule has 0 spiro atoms. The van der Waals surface area contributed by atoms with Crippen LogP contribution in [0.2, 0.25) is 5.02 Å². The highest BCUT2D eigenvalue weighted by atomic mass is 35.5. The molecule has 1 aromatic rings. The fourth-order valence-electron chi connectivity index (χ4n) is 4.00. The van der Waals surface area contributed by atoms with Crippen LogP contribution in [0.5, 0.6) is 0 Å². The van der Waals surface area contributed by atoms with Crippen molar-refractivity contribution >= 4 is 23.1 Å². The number of ether oxygens (including phenoxy) is 1. The van der Waals surface area contributed by atoms with E-state index < -0.39 is 0 Å². The van der Waals surface area contributed by atoms with Crippen LogP contribution in [0.4, 0.5) is 4.39 Å². The van der Waals surface area contributed by atoms with Gasteiger partial charge in [-0.05, 0) is 63.0 Å². The van der Waals surface area contributed by atoms with Crippen molar-refractivity contribution in [2.24, 2.45) is 5.41 Å². The van der Waals surface area contributed by atoms with Crippen molar-refractivity contribution in [3.8, 4) is 0 Å². The van der Waals surface area contributed by atoms with Crippen molar-refractivity contribution in [1.29, 1.82) is 0 Å². The topological polar surface area (TPSA) is 29.5 Å². The highest BCUT2D eigenvalue weighted by Crippen LogP contribution is 2.41. The lowest BCUT2D eigenvalue weighted by Crippen LogP contribution is -2.50. The molecule has 1 aromatic carbocycles. The van der Waals surface area contributed by atoms with Crippen molar-refractivity contribution in [2.75, 3.05) is 26.2 Å². The Bertz CT molecular complexity index is 679. The van der Waals surface area contributed by atoms with Crippen LogP contribution < -0.4 is 0 Å². The molecule has 0 aromatic heterocycles. The minimum Gasteiger partial charge on any atom is -0.461 e. The minimum atomic E-state index is -0.371. The Labute approximate surface area is 140 Å². The van der Waals surface area contributed by atoms with Crippen molar-refractivity contribution in [2.45, 2.75) is 25.7 Å². The number of rotatable bonds is 3. The van der Waals surface area contributed by atoms with Gasteiger partial charge in [0.2, 0.25) is 0 Å². The van der Waals surface area contributed by atoms with Gasteiger partial charge in [-0.15, -0.1) is 0 Å². The second kappa shape index (κ2) is 5.60. The molecule has 4 aliphatic rings. The number of carbonyl (C=O) groups is 1. The summed E-state index contributed by atoms with van der Waals surface area (Å²) >= 11 is 6.13. The van der Waals surface area contributed by atoms with Gasteiger partial charge in [0.1, 0.15) is 5.82 Å². The van der Waals surface area contributed by atoms with E-state index in [4.69, 9.17) is 16.3 Å². The largest absolute Gasteiger partial charge is 0.461 e. The molecule has 3 fully saturated rings. The molecule has 0 radical (unpaired) electrons. The van der Waals surface area contributed by atoms with Gasteiger partial charge in [-0.2, -0.15) is 0 Å². The van der Waals surface area contributed by atoms with Gasteiger partial charge in [0.15, 0.2) is 0 Å². The van der Waals surface area contributed by atoms with E-state index in [1.165, 1.54) is 12.1 Å². The molecule has 5 rings (SSSR count). The Kier molecular flexibility index (Phi) is 3.69. The molecule has 1 aliphatic carbocycles. The zero-order valence-corrected chi connectivity index (χ0v) is 13.7. The number of fused-ring (bicyclic) bond motifs is 4. The SMILES string of the molecule is O=C(OCC12CCN(CC1)CC2)C1=CCc2cc(F)cc(Cl)c21. The summed E-state index contributed by atoms with van der Waals surface area (Å²) in [6.07, 6.45) is 5.61. The normalized spacial score (nSPS) is 28.4. The number of allylic oxidation sites excluding steroid dienone is 1. The highest BCUT2D eigenvalue weighted by molar-refractivity contribution is 6.35. The molecule has 3 saturated heterocycles. The monoisotopic (exact) mass is 335 g/mol. The predicted octanol–water partition coefficient (Wildman–Crippen LogP) is 3.45. The third kappa shape index (κ3) is 2.68. The molecule has 122 valence electrons. The number of carbonyl (C=O) groups excluding carboxylic acids is 1. The first-order chi connectivity index (χ1) is 11.1. The molecule has 2 bridgehead atoms. The number of halogens is 2. The second-order valence-corrected chi connectivity index (χ2v) is 7.32. The molecule has 3 heterocycles. The minimum absolute atomic E-state index is 0.152. The van der Waals surface area contributed by atoms with E-state index in [1.807, 2.05) is 0 Å². The van der Waals surface area contributed by atoms with E-state index in [-0.39, 0.29) is 22.2 Å². The van der Waals surface area contributed by atoms with E-state index in [1.54, 1.807) is 6.08 Å². The summed E-state index contributed by atoms with van der Waals surface area (Å²) in [6.45, 7) is 3.79. The summed E-state index contributed by atoms with van der Waals surface area (Å²) in [7, 11) is 0. The molecule has 0 unspecified atom stereocenters. The van der Waals surface area contributed by atoms with Gasteiger partial charge in [0.05, 0.1) is 17.2 Å². The molecule has 0 amide bonds. The predicted molar refractivity (Wildman–Crippen MR) is 86.8 cm³/mol. The van der Waals surface area contributed by atoms with Crippen LogP contribution in [0, 0.1) is 11.2 Å². The van der Waals surface area contributed by atoms with Crippen LogP contribution in [0.15, 0.2) is 18.2 Å². The molecular formula is C18H19ClFNO2. The fraction of sp³-hybridized carbons (Fsp3) is 0.500. The number of nitrogens with zero attached hydrogens (tertiary/aromatic N) is 1. The fourth-order valence-corrected chi connectivity index (χ4v) is 4.33. The number of esters is 1. The maximum atomic E-state index is 13.4. The first kappa shape index (κ1) is 15.2.